The van der Waals surface area contributed by atoms with Gasteiger partial charge in [-0.25, -0.2) is 0 Å². The number of fused-ring (bicyclic) bond motifs is 4. The van der Waals surface area contributed by atoms with Gasteiger partial charge in [0, 0.05) is 51.4 Å². The van der Waals surface area contributed by atoms with Gasteiger partial charge in [0.1, 0.15) is 36.6 Å². The molecule has 14 nitrogen and oxygen atoms in total. The summed E-state index contributed by atoms with van der Waals surface area (Å²) in [6.45, 7) is 2.39. The molecule has 4 bridgehead atoms. The Bertz CT molecular complexity index is 1890. The van der Waals surface area contributed by atoms with Crippen LogP contribution < -0.4 is 9.47 Å². The van der Waals surface area contributed by atoms with E-state index in [9.17, 15) is 10.2 Å². The maximum atomic E-state index is 15.6. The van der Waals surface area contributed by atoms with Gasteiger partial charge in [-0.3, -0.25) is 19.2 Å². The number of ether oxygens (including phenoxy) is 8. The average molecular weight is 719 g/mol. The number of aliphatic hydroxyl groups excluding tert-OH is 2. The Balaban J connectivity index is 1.49. The minimum absolute atomic E-state index is 0.0116. The number of aryl methyl sites for hydroxylation is 2. The van der Waals surface area contributed by atoms with Crippen LogP contribution >= 0.6 is 0 Å². The molecular weight excluding hydrogens is 680 g/mol. The summed E-state index contributed by atoms with van der Waals surface area (Å²) >= 11 is 0. The third kappa shape index (κ3) is 3.94. The summed E-state index contributed by atoms with van der Waals surface area (Å²) in [5.41, 5.74) is -3.61. The van der Waals surface area contributed by atoms with Crippen molar-refractivity contribution in [1.29, 1.82) is 0 Å². The quantitative estimate of drug-likeness (QED) is 0.304. The maximum Gasteiger partial charge on any atom is 0.188 e. The van der Waals surface area contributed by atoms with Gasteiger partial charge in [-0.15, -0.1) is 0 Å². The Morgan fingerprint density at radius 2 is 0.942 bits per heavy atom. The molecule has 0 heterocycles. The van der Waals surface area contributed by atoms with Crippen molar-refractivity contribution in [1.82, 2.24) is 0 Å². The molecule has 0 aromatic heterocycles. The first-order chi connectivity index (χ1) is 25.0. The first kappa shape index (κ1) is 34.6. The van der Waals surface area contributed by atoms with E-state index >= 15 is 19.2 Å². The molecule has 8 unspecified atom stereocenters. The molecular formula is C38H38O14. The zero-order chi connectivity index (χ0) is 37.0. The molecule has 2 aromatic carbocycles. The van der Waals surface area contributed by atoms with Gasteiger partial charge in [0.05, 0.1) is 57.1 Å². The fraction of sp³-hybridized carbons (Fsp3) is 0.474. The fourth-order valence-electron chi connectivity index (χ4n) is 10.6. The van der Waals surface area contributed by atoms with Crippen molar-refractivity contribution in [3.8, 4) is 11.5 Å². The molecule has 8 rings (SSSR count). The number of hydrogen-bond acceptors (Lipinski definition) is 14. The molecule has 52 heavy (non-hydrogen) atoms. The molecule has 2 aromatic rings. The standard InChI is InChI=1S/C38H38O14/c1-15-7-17-21(19(9-15)49-11-45-3)29(39)25-31(41)28-33(51-13-47-5)23-24-34(52-14-48-6)27(37(23,25)35(17)43)32(42)26-30(40)22-18(36(44)38(24,26)28)8-16(2)10-20(22)50-12-46-4/h7-10,23-24,27-28,33-34,39-40H,11-14H2,1-6H3. The number of rotatable bonds is 12. The molecule has 274 valence electrons. The van der Waals surface area contributed by atoms with Crippen LogP contribution in [0.15, 0.2) is 35.4 Å². The van der Waals surface area contributed by atoms with Gasteiger partial charge in [0.2, 0.25) is 0 Å². The smallest absolute Gasteiger partial charge is 0.188 e. The van der Waals surface area contributed by atoms with Crippen LogP contribution in [0.25, 0.3) is 11.5 Å². The molecule has 4 fully saturated rings. The summed E-state index contributed by atoms with van der Waals surface area (Å²) in [7, 11) is 5.62. The van der Waals surface area contributed by atoms with Gasteiger partial charge in [0.25, 0.3) is 0 Å². The number of carbonyl (C=O) groups excluding carboxylic acids is 4. The van der Waals surface area contributed by atoms with Crippen LogP contribution in [0, 0.1) is 48.3 Å². The Kier molecular flexibility index (Phi) is 8.03. The third-order valence-electron chi connectivity index (χ3n) is 11.8. The number of benzene rings is 2. The van der Waals surface area contributed by atoms with Gasteiger partial charge < -0.3 is 48.1 Å². The molecule has 0 radical (unpaired) electrons. The van der Waals surface area contributed by atoms with Crippen molar-refractivity contribution in [3.63, 3.8) is 0 Å². The molecule has 8 atom stereocenters. The average Bonchev–Trinajstić information content (AvgIpc) is 3.52. The number of carbonyl (C=O) groups is 4. The zero-order valence-electron chi connectivity index (χ0n) is 29.4. The van der Waals surface area contributed by atoms with Gasteiger partial charge in [-0.05, 0) is 49.2 Å². The maximum absolute atomic E-state index is 15.6. The predicted octanol–water partition coefficient (Wildman–Crippen LogP) is 3.51. The first-order valence-electron chi connectivity index (χ1n) is 16.8. The van der Waals surface area contributed by atoms with E-state index in [2.05, 4.69) is 0 Å². The molecule has 6 aliphatic rings. The Labute approximate surface area is 298 Å². The van der Waals surface area contributed by atoms with Gasteiger partial charge >= 0.3 is 0 Å². The highest BCUT2D eigenvalue weighted by atomic mass is 16.7. The second-order valence-corrected chi connectivity index (χ2v) is 14.1. The lowest BCUT2D eigenvalue weighted by atomic mass is 9.46. The van der Waals surface area contributed by atoms with Crippen LogP contribution in [0.1, 0.15) is 43.0 Å². The summed E-state index contributed by atoms with van der Waals surface area (Å²) < 4.78 is 45.0. The summed E-state index contributed by atoms with van der Waals surface area (Å²) in [6.07, 6.45) is -2.36. The number of hydrogen-bond donors (Lipinski definition) is 2. The third-order valence-corrected chi connectivity index (χ3v) is 11.8. The second kappa shape index (κ2) is 12.0. The van der Waals surface area contributed by atoms with Crippen LogP contribution in [-0.4, -0.2) is 101 Å². The number of aliphatic hydroxyl groups is 2. The normalized spacial score (nSPS) is 32.0. The summed E-state index contributed by atoms with van der Waals surface area (Å²) in [6, 6.07) is 6.35. The van der Waals surface area contributed by atoms with E-state index in [4.69, 9.17) is 37.9 Å². The highest BCUT2D eigenvalue weighted by Crippen LogP contribution is 2.81. The fourth-order valence-corrected chi connectivity index (χ4v) is 10.6. The highest BCUT2D eigenvalue weighted by Gasteiger charge is 2.90. The summed E-state index contributed by atoms with van der Waals surface area (Å²) in [5, 5.41) is 24.7. The van der Waals surface area contributed by atoms with Crippen LogP contribution in [0.5, 0.6) is 11.5 Å². The molecule has 4 saturated carbocycles. The predicted molar refractivity (Wildman–Crippen MR) is 177 cm³/mol. The van der Waals surface area contributed by atoms with Crippen LogP contribution in [-0.2, 0) is 38.0 Å². The van der Waals surface area contributed by atoms with E-state index in [-0.39, 0.29) is 72.1 Å². The zero-order valence-corrected chi connectivity index (χ0v) is 29.4. The largest absolute Gasteiger partial charge is 0.507 e. The monoisotopic (exact) mass is 718 g/mol. The molecule has 2 N–H and O–H groups in total. The minimum Gasteiger partial charge on any atom is -0.507 e. The van der Waals surface area contributed by atoms with E-state index in [1.807, 2.05) is 0 Å². The van der Waals surface area contributed by atoms with Gasteiger partial charge in [-0.1, -0.05) is 0 Å². The van der Waals surface area contributed by atoms with Gasteiger partial charge in [-0.2, -0.15) is 0 Å². The van der Waals surface area contributed by atoms with E-state index in [1.165, 1.54) is 28.4 Å². The highest BCUT2D eigenvalue weighted by molar-refractivity contribution is 6.30. The van der Waals surface area contributed by atoms with E-state index in [1.54, 1.807) is 38.1 Å². The van der Waals surface area contributed by atoms with E-state index < -0.39 is 81.4 Å². The molecule has 0 aliphatic heterocycles. The molecule has 0 saturated heterocycles. The van der Waals surface area contributed by atoms with Crippen molar-refractivity contribution < 1.29 is 67.3 Å². The number of allylic oxidation sites excluding steroid dienone is 2. The van der Waals surface area contributed by atoms with Gasteiger partial charge in [0.15, 0.2) is 36.7 Å². The van der Waals surface area contributed by atoms with E-state index in [0.29, 0.717) is 11.1 Å². The number of ketones is 4. The van der Waals surface area contributed by atoms with Crippen molar-refractivity contribution >= 4 is 34.7 Å². The molecule has 14 heteroatoms. The Morgan fingerprint density at radius 3 is 1.29 bits per heavy atom. The lowest BCUT2D eigenvalue weighted by Crippen LogP contribution is -2.66. The van der Waals surface area contributed by atoms with Crippen LogP contribution in [0.2, 0.25) is 0 Å². The molecule has 2 spiro atoms. The SMILES string of the molecule is COCOc1cc(C)cc2c1C(O)=C1C(=O)C3C(OCOC)C4C5C(OCOC)C(C(=O)C6=C(O)c7c(OCOC)cc(C)cc7C(=O)C635)C14C2=O. The molecule has 0 amide bonds. The first-order valence-corrected chi connectivity index (χ1v) is 16.8. The summed E-state index contributed by atoms with van der Waals surface area (Å²) in [5.74, 6) is -8.84. The Hall–Kier alpha value is -4.44. The van der Waals surface area contributed by atoms with Crippen molar-refractivity contribution in [3.05, 3.63) is 68.8 Å². The Morgan fingerprint density at radius 1 is 0.577 bits per heavy atom. The lowest BCUT2D eigenvalue weighted by molar-refractivity contribution is -0.161. The van der Waals surface area contributed by atoms with Crippen LogP contribution in [0.4, 0.5) is 0 Å². The number of methoxy groups -OCH3 is 4. The topological polar surface area (TPSA) is 183 Å². The van der Waals surface area contributed by atoms with Crippen LogP contribution in [0.3, 0.4) is 0 Å². The van der Waals surface area contributed by atoms with Crippen molar-refractivity contribution in [2.45, 2.75) is 26.1 Å². The lowest BCUT2D eigenvalue weighted by Gasteiger charge is -2.54. The second-order valence-electron chi connectivity index (χ2n) is 14.1. The van der Waals surface area contributed by atoms with E-state index in [0.717, 1.165) is 0 Å². The van der Waals surface area contributed by atoms with Crippen molar-refractivity contribution in [2.75, 3.05) is 55.6 Å². The minimum atomic E-state index is -2.08. The van der Waals surface area contributed by atoms with Crippen molar-refractivity contribution in [2.24, 2.45) is 34.5 Å². The number of Topliss-reactive ketones (excluding diaryl/α,β-unsaturated/α-hetero) is 4. The molecule has 6 aliphatic carbocycles. The summed E-state index contributed by atoms with van der Waals surface area (Å²) in [4.78, 5) is 61.9.